The molecule has 0 N–H and O–H groups in total. The Hall–Kier alpha value is -1.02. The zero-order valence-corrected chi connectivity index (χ0v) is 7.10. The van der Waals surface area contributed by atoms with Crippen molar-refractivity contribution in [3.63, 3.8) is 0 Å². The van der Waals surface area contributed by atoms with E-state index in [4.69, 9.17) is 16.3 Å². The van der Waals surface area contributed by atoms with Gasteiger partial charge in [-0.15, -0.1) is 0 Å². The quantitative estimate of drug-likeness (QED) is 0.612. The molecule has 1 aliphatic heterocycles. The van der Waals surface area contributed by atoms with Crippen molar-refractivity contribution in [3.8, 4) is 5.75 Å². The summed E-state index contributed by atoms with van der Waals surface area (Å²) in [5, 5.41) is 0.645. The van der Waals surface area contributed by atoms with E-state index < -0.39 is 0 Å². The standard InChI is InChI=1S/C9H7ClO2/c10-7-1-2-9-6(3-7)4-8(11)5-12-9/h1-3H,4-5H2. The zero-order valence-electron chi connectivity index (χ0n) is 6.34. The first-order chi connectivity index (χ1) is 5.75. The summed E-state index contributed by atoms with van der Waals surface area (Å²) in [7, 11) is 0. The second-order valence-electron chi connectivity index (χ2n) is 2.76. The molecule has 1 aromatic carbocycles. The van der Waals surface area contributed by atoms with Crippen molar-refractivity contribution >= 4 is 17.4 Å². The monoisotopic (exact) mass is 182 g/mol. The van der Waals surface area contributed by atoms with Gasteiger partial charge in [-0.3, -0.25) is 4.79 Å². The third kappa shape index (κ3) is 1.30. The molecule has 0 aromatic heterocycles. The van der Waals surface area contributed by atoms with Gasteiger partial charge in [0.25, 0.3) is 0 Å². The maximum Gasteiger partial charge on any atom is 0.174 e. The van der Waals surface area contributed by atoms with Gasteiger partial charge in [0.05, 0.1) is 0 Å². The Kier molecular flexibility index (Phi) is 1.77. The van der Waals surface area contributed by atoms with Gasteiger partial charge in [-0.05, 0) is 18.2 Å². The molecule has 2 rings (SSSR count). The lowest BCUT2D eigenvalue weighted by Gasteiger charge is -2.15. The maximum atomic E-state index is 11.0. The van der Waals surface area contributed by atoms with Crippen LogP contribution in [0.3, 0.4) is 0 Å². The van der Waals surface area contributed by atoms with E-state index in [0.717, 1.165) is 11.3 Å². The number of fused-ring (bicyclic) bond motifs is 1. The van der Waals surface area contributed by atoms with Crippen molar-refractivity contribution in [2.45, 2.75) is 6.42 Å². The first-order valence-corrected chi connectivity index (χ1v) is 4.06. The third-order valence-corrected chi connectivity index (χ3v) is 2.03. The molecule has 0 saturated heterocycles. The molecule has 0 saturated carbocycles. The van der Waals surface area contributed by atoms with Crippen LogP contribution in [0.5, 0.6) is 5.75 Å². The summed E-state index contributed by atoms with van der Waals surface area (Å²) in [6, 6.07) is 5.33. The molecule has 1 heterocycles. The van der Waals surface area contributed by atoms with Gasteiger partial charge in [0.1, 0.15) is 12.4 Å². The van der Waals surface area contributed by atoms with Gasteiger partial charge in [-0.25, -0.2) is 0 Å². The van der Waals surface area contributed by atoms with Crippen LogP contribution in [0.2, 0.25) is 5.02 Å². The Morgan fingerprint density at radius 3 is 3.08 bits per heavy atom. The lowest BCUT2D eigenvalue weighted by Crippen LogP contribution is -2.19. The minimum Gasteiger partial charge on any atom is -0.486 e. The first kappa shape index (κ1) is 7.62. The molecule has 0 spiro atoms. The molecule has 0 atom stereocenters. The van der Waals surface area contributed by atoms with Crippen molar-refractivity contribution < 1.29 is 9.53 Å². The number of carbonyl (C=O) groups excluding carboxylic acids is 1. The Morgan fingerprint density at radius 1 is 1.42 bits per heavy atom. The van der Waals surface area contributed by atoms with Crippen LogP contribution < -0.4 is 4.74 Å². The van der Waals surface area contributed by atoms with Gasteiger partial charge in [0.15, 0.2) is 5.78 Å². The minimum atomic E-state index is 0.102. The highest BCUT2D eigenvalue weighted by Crippen LogP contribution is 2.26. The molecular weight excluding hydrogens is 176 g/mol. The SMILES string of the molecule is O=C1COc2ccc(Cl)cc2C1. The average Bonchev–Trinajstić information content (AvgIpc) is 2.03. The van der Waals surface area contributed by atoms with Crippen molar-refractivity contribution in [1.29, 1.82) is 0 Å². The summed E-state index contributed by atoms with van der Waals surface area (Å²) in [5.41, 5.74) is 0.888. The molecule has 3 heteroatoms. The van der Waals surface area contributed by atoms with E-state index in [0.29, 0.717) is 11.4 Å². The molecule has 0 unspecified atom stereocenters. The third-order valence-electron chi connectivity index (χ3n) is 1.80. The Morgan fingerprint density at radius 2 is 2.25 bits per heavy atom. The van der Waals surface area contributed by atoms with Crippen LogP contribution in [-0.2, 0) is 11.2 Å². The summed E-state index contributed by atoms with van der Waals surface area (Å²) >= 11 is 5.76. The van der Waals surface area contributed by atoms with Crippen LogP contribution >= 0.6 is 11.6 Å². The van der Waals surface area contributed by atoms with Gasteiger partial charge >= 0.3 is 0 Å². The van der Waals surface area contributed by atoms with Crippen molar-refractivity contribution in [2.24, 2.45) is 0 Å². The van der Waals surface area contributed by atoms with E-state index in [9.17, 15) is 4.79 Å². The lowest BCUT2D eigenvalue weighted by atomic mass is 10.1. The van der Waals surface area contributed by atoms with Crippen LogP contribution in [-0.4, -0.2) is 12.4 Å². The van der Waals surface area contributed by atoms with E-state index in [1.54, 1.807) is 18.2 Å². The predicted molar refractivity (Wildman–Crippen MR) is 45.7 cm³/mol. The molecule has 1 aliphatic rings. The van der Waals surface area contributed by atoms with Gasteiger partial charge in [-0.2, -0.15) is 0 Å². The molecule has 1 aromatic rings. The molecule has 0 fully saturated rings. The summed E-state index contributed by atoms with van der Waals surface area (Å²) < 4.78 is 5.18. The summed E-state index contributed by atoms with van der Waals surface area (Å²) in [6.07, 6.45) is 0.440. The van der Waals surface area contributed by atoms with Crippen molar-refractivity contribution in [2.75, 3.05) is 6.61 Å². The number of halogens is 1. The van der Waals surface area contributed by atoms with Gasteiger partial charge in [0, 0.05) is 17.0 Å². The number of Topliss-reactive ketones (excluding diaryl/α,β-unsaturated/α-hetero) is 1. The second kappa shape index (κ2) is 2.79. The molecule has 0 radical (unpaired) electrons. The van der Waals surface area contributed by atoms with E-state index >= 15 is 0 Å². The fraction of sp³-hybridized carbons (Fsp3) is 0.222. The van der Waals surface area contributed by atoms with Crippen molar-refractivity contribution in [1.82, 2.24) is 0 Å². The topological polar surface area (TPSA) is 26.3 Å². The number of rotatable bonds is 0. The summed E-state index contributed by atoms with van der Waals surface area (Å²) in [6.45, 7) is 0.189. The number of benzene rings is 1. The second-order valence-corrected chi connectivity index (χ2v) is 3.19. The number of carbonyl (C=O) groups is 1. The highest BCUT2D eigenvalue weighted by molar-refractivity contribution is 6.30. The largest absolute Gasteiger partial charge is 0.486 e. The smallest absolute Gasteiger partial charge is 0.174 e. The maximum absolute atomic E-state index is 11.0. The van der Waals surface area contributed by atoms with Crippen LogP contribution in [0.4, 0.5) is 0 Å². The number of ether oxygens (including phenoxy) is 1. The zero-order chi connectivity index (χ0) is 8.55. The number of hydrogen-bond acceptors (Lipinski definition) is 2. The van der Waals surface area contributed by atoms with Gasteiger partial charge in [-0.1, -0.05) is 11.6 Å². The molecule has 12 heavy (non-hydrogen) atoms. The summed E-state index contributed by atoms with van der Waals surface area (Å²) in [4.78, 5) is 11.0. The number of ketones is 1. The van der Waals surface area contributed by atoms with Crippen LogP contribution in [0.15, 0.2) is 18.2 Å². The Bertz CT molecular complexity index is 333. The minimum absolute atomic E-state index is 0.102. The fourth-order valence-electron chi connectivity index (χ4n) is 1.25. The lowest BCUT2D eigenvalue weighted by molar-refractivity contribution is -0.121. The van der Waals surface area contributed by atoms with Crippen LogP contribution in [0, 0.1) is 0 Å². The molecule has 0 amide bonds. The van der Waals surface area contributed by atoms with E-state index in [2.05, 4.69) is 0 Å². The molecule has 2 nitrogen and oxygen atoms in total. The van der Waals surface area contributed by atoms with Gasteiger partial charge in [0.2, 0.25) is 0 Å². The fourth-order valence-corrected chi connectivity index (χ4v) is 1.44. The van der Waals surface area contributed by atoms with Crippen LogP contribution in [0.1, 0.15) is 5.56 Å². The molecule has 62 valence electrons. The van der Waals surface area contributed by atoms with E-state index in [1.165, 1.54) is 0 Å². The normalized spacial score (nSPS) is 15.2. The Labute approximate surface area is 75.1 Å². The average molecular weight is 183 g/mol. The van der Waals surface area contributed by atoms with Crippen LogP contribution in [0.25, 0.3) is 0 Å². The highest BCUT2D eigenvalue weighted by Gasteiger charge is 2.16. The first-order valence-electron chi connectivity index (χ1n) is 3.68. The molecular formula is C9H7ClO2. The summed E-state index contributed by atoms with van der Waals surface area (Å²) in [5.74, 6) is 0.878. The Balaban J connectivity index is 2.44. The molecule has 0 bridgehead atoms. The molecule has 0 aliphatic carbocycles. The van der Waals surface area contributed by atoms with E-state index in [1.807, 2.05) is 0 Å². The van der Waals surface area contributed by atoms with Gasteiger partial charge < -0.3 is 4.74 Å². The highest BCUT2D eigenvalue weighted by atomic mass is 35.5. The predicted octanol–water partition coefficient (Wildman–Crippen LogP) is 1.84. The number of hydrogen-bond donors (Lipinski definition) is 0. The van der Waals surface area contributed by atoms with E-state index in [-0.39, 0.29) is 12.4 Å². The van der Waals surface area contributed by atoms with Crippen molar-refractivity contribution in [3.05, 3.63) is 28.8 Å².